The summed E-state index contributed by atoms with van der Waals surface area (Å²) in [5.74, 6) is -1.72. The van der Waals surface area contributed by atoms with E-state index in [4.69, 9.17) is 14.2 Å². The van der Waals surface area contributed by atoms with Gasteiger partial charge in [-0.3, -0.25) is 4.79 Å². The first-order valence-electron chi connectivity index (χ1n) is 9.97. The Morgan fingerprint density at radius 2 is 1.84 bits per heavy atom. The van der Waals surface area contributed by atoms with Crippen molar-refractivity contribution < 1.29 is 27.8 Å². The molecule has 0 spiro atoms. The van der Waals surface area contributed by atoms with Crippen molar-refractivity contribution in [3.8, 4) is 17.3 Å². The van der Waals surface area contributed by atoms with Crippen molar-refractivity contribution in [2.24, 2.45) is 0 Å². The molecule has 0 unspecified atom stereocenters. The van der Waals surface area contributed by atoms with E-state index in [1.807, 2.05) is 30.3 Å². The van der Waals surface area contributed by atoms with Crippen molar-refractivity contribution in [2.45, 2.75) is 13.5 Å². The molecule has 0 radical (unpaired) electrons. The summed E-state index contributed by atoms with van der Waals surface area (Å²) in [4.78, 5) is 14.1. The lowest BCUT2D eigenvalue weighted by molar-refractivity contribution is -0.136. The van der Waals surface area contributed by atoms with Crippen molar-refractivity contribution >= 4 is 5.91 Å². The molecule has 0 atom stereocenters. The van der Waals surface area contributed by atoms with Gasteiger partial charge in [0, 0.05) is 26.8 Å². The normalized spacial score (nSPS) is 10.9. The zero-order valence-corrected chi connectivity index (χ0v) is 18.2. The maximum absolute atomic E-state index is 14.4. The highest BCUT2D eigenvalue weighted by Gasteiger charge is 2.24. The number of aromatic nitrogens is 2. The van der Waals surface area contributed by atoms with E-state index >= 15 is 0 Å². The standard InChI is InChI=1S/C23H25F2N3O4/c1-16-19(14-27(11-12-30-2)22(29)15-31-3)23(28(26-16)18-7-5-4-6-8-18)32-21-10-9-17(24)13-20(21)25/h4-10,13H,11-12,14-15H2,1-3H3. The number of nitrogens with zero attached hydrogens (tertiary/aromatic N) is 3. The molecule has 7 nitrogen and oxygen atoms in total. The van der Waals surface area contributed by atoms with E-state index in [1.54, 1.807) is 18.9 Å². The fourth-order valence-corrected chi connectivity index (χ4v) is 3.13. The average Bonchev–Trinajstić information content (AvgIpc) is 3.08. The van der Waals surface area contributed by atoms with Gasteiger partial charge in [0.1, 0.15) is 12.4 Å². The highest BCUT2D eigenvalue weighted by Crippen LogP contribution is 2.33. The van der Waals surface area contributed by atoms with Gasteiger partial charge in [-0.1, -0.05) is 18.2 Å². The predicted molar refractivity (Wildman–Crippen MR) is 114 cm³/mol. The lowest BCUT2D eigenvalue weighted by atomic mass is 10.2. The molecule has 0 fully saturated rings. The van der Waals surface area contributed by atoms with E-state index in [0.29, 0.717) is 30.1 Å². The molecule has 1 amide bonds. The van der Waals surface area contributed by atoms with Crippen molar-refractivity contribution in [1.82, 2.24) is 14.7 Å². The summed E-state index contributed by atoms with van der Waals surface area (Å²) in [6.07, 6.45) is 0. The topological polar surface area (TPSA) is 65.8 Å². The van der Waals surface area contributed by atoms with Crippen molar-refractivity contribution in [3.63, 3.8) is 0 Å². The van der Waals surface area contributed by atoms with E-state index in [-0.39, 0.29) is 30.7 Å². The van der Waals surface area contributed by atoms with Crippen LogP contribution in [0.4, 0.5) is 8.78 Å². The molecule has 0 N–H and O–H groups in total. The van der Waals surface area contributed by atoms with Crippen molar-refractivity contribution in [3.05, 3.63) is 71.4 Å². The molecule has 0 saturated carbocycles. The Morgan fingerprint density at radius 1 is 1.09 bits per heavy atom. The smallest absolute Gasteiger partial charge is 0.248 e. The molecule has 0 bridgehead atoms. The number of carbonyl (C=O) groups excluding carboxylic acids is 1. The maximum Gasteiger partial charge on any atom is 0.248 e. The number of hydrogen-bond donors (Lipinski definition) is 0. The quantitative estimate of drug-likeness (QED) is 0.474. The van der Waals surface area contributed by atoms with Gasteiger partial charge < -0.3 is 19.1 Å². The Hall–Kier alpha value is -3.30. The summed E-state index contributed by atoms with van der Waals surface area (Å²) in [6.45, 7) is 2.46. The summed E-state index contributed by atoms with van der Waals surface area (Å²) >= 11 is 0. The third-order valence-corrected chi connectivity index (χ3v) is 4.77. The minimum atomic E-state index is -0.846. The number of methoxy groups -OCH3 is 2. The van der Waals surface area contributed by atoms with Crippen LogP contribution in [-0.4, -0.2) is 54.6 Å². The lowest BCUT2D eigenvalue weighted by Gasteiger charge is -2.22. The summed E-state index contributed by atoms with van der Waals surface area (Å²) in [7, 11) is 2.99. The number of carbonyl (C=O) groups is 1. The Morgan fingerprint density at radius 3 is 2.50 bits per heavy atom. The van der Waals surface area contributed by atoms with Crippen LogP contribution in [0.15, 0.2) is 48.5 Å². The second kappa shape index (κ2) is 10.8. The second-order valence-electron chi connectivity index (χ2n) is 7.03. The molecule has 0 saturated heterocycles. The Balaban J connectivity index is 2.06. The summed E-state index contributed by atoms with van der Waals surface area (Å²) in [5.41, 5.74) is 1.86. The van der Waals surface area contributed by atoms with Crippen LogP contribution >= 0.6 is 0 Å². The van der Waals surface area contributed by atoms with Gasteiger partial charge in [0.25, 0.3) is 0 Å². The average molecular weight is 445 g/mol. The van der Waals surface area contributed by atoms with E-state index < -0.39 is 11.6 Å². The molecule has 0 aliphatic rings. The number of hydrogen-bond acceptors (Lipinski definition) is 5. The highest BCUT2D eigenvalue weighted by molar-refractivity contribution is 5.77. The second-order valence-corrected chi connectivity index (χ2v) is 7.03. The zero-order valence-electron chi connectivity index (χ0n) is 18.2. The van der Waals surface area contributed by atoms with Gasteiger partial charge in [0.15, 0.2) is 11.6 Å². The molecule has 32 heavy (non-hydrogen) atoms. The predicted octanol–water partition coefficient (Wildman–Crippen LogP) is 3.87. The molecule has 1 heterocycles. The maximum atomic E-state index is 14.4. The zero-order chi connectivity index (χ0) is 23.1. The molecular weight excluding hydrogens is 420 g/mol. The minimum Gasteiger partial charge on any atom is -0.435 e. The van der Waals surface area contributed by atoms with Gasteiger partial charge >= 0.3 is 0 Å². The van der Waals surface area contributed by atoms with Gasteiger partial charge in [-0.25, -0.2) is 13.5 Å². The fraction of sp³-hybridized carbons (Fsp3) is 0.304. The summed E-state index contributed by atoms with van der Waals surface area (Å²) in [6, 6.07) is 12.2. The molecule has 0 aliphatic carbocycles. The first kappa shape index (κ1) is 23.4. The van der Waals surface area contributed by atoms with Crippen LogP contribution in [-0.2, 0) is 20.8 Å². The Kier molecular flexibility index (Phi) is 7.91. The van der Waals surface area contributed by atoms with Gasteiger partial charge in [-0.05, 0) is 31.2 Å². The molecule has 3 rings (SSSR count). The first-order chi connectivity index (χ1) is 15.4. The van der Waals surface area contributed by atoms with Crippen molar-refractivity contribution in [1.29, 1.82) is 0 Å². The Bertz CT molecular complexity index is 1060. The number of rotatable bonds is 10. The highest BCUT2D eigenvalue weighted by atomic mass is 19.1. The Labute approximate surface area is 185 Å². The molecule has 9 heteroatoms. The SMILES string of the molecule is COCCN(Cc1c(C)nn(-c2ccccc2)c1Oc1ccc(F)cc1F)C(=O)COC. The van der Waals surface area contributed by atoms with Crippen molar-refractivity contribution in [2.75, 3.05) is 34.0 Å². The third-order valence-electron chi connectivity index (χ3n) is 4.77. The van der Waals surface area contributed by atoms with Crippen LogP contribution in [0.1, 0.15) is 11.3 Å². The third kappa shape index (κ3) is 5.49. The fourth-order valence-electron chi connectivity index (χ4n) is 3.13. The van der Waals surface area contributed by atoms with Gasteiger partial charge in [-0.2, -0.15) is 5.10 Å². The van der Waals surface area contributed by atoms with Gasteiger partial charge in [0.05, 0.1) is 30.1 Å². The van der Waals surface area contributed by atoms with Gasteiger partial charge in [0.2, 0.25) is 11.8 Å². The molecular formula is C23H25F2N3O4. The van der Waals surface area contributed by atoms with Crippen LogP contribution in [0, 0.1) is 18.6 Å². The van der Waals surface area contributed by atoms with E-state index in [9.17, 15) is 13.6 Å². The molecule has 170 valence electrons. The minimum absolute atomic E-state index is 0.0988. The molecule has 2 aromatic carbocycles. The summed E-state index contributed by atoms with van der Waals surface area (Å²) < 4.78 is 45.3. The van der Waals surface area contributed by atoms with Crippen LogP contribution in [0.3, 0.4) is 0 Å². The number of aryl methyl sites for hydroxylation is 1. The summed E-state index contributed by atoms with van der Waals surface area (Å²) in [5, 5.41) is 4.56. The lowest BCUT2D eigenvalue weighted by Crippen LogP contribution is -2.36. The van der Waals surface area contributed by atoms with Crippen LogP contribution < -0.4 is 4.74 Å². The van der Waals surface area contributed by atoms with Crippen LogP contribution in [0.25, 0.3) is 5.69 Å². The van der Waals surface area contributed by atoms with E-state index in [1.165, 1.54) is 17.9 Å². The van der Waals surface area contributed by atoms with Gasteiger partial charge in [-0.15, -0.1) is 0 Å². The first-order valence-corrected chi connectivity index (χ1v) is 9.97. The molecule has 0 aliphatic heterocycles. The van der Waals surface area contributed by atoms with Crippen LogP contribution in [0.2, 0.25) is 0 Å². The van der Waals surface area contributed by atoms with E-state index in [0.717, 1.165) is 12.1 Å². The monoisotopic (exact) mass is 445 g/mol. The number of benzene rings is 2. The largest absolute Gasteiger partial charge is 0.435 e. The number of amides is 1. The van der Waals surface area contributed by atoms with E-state index in [2.05, 4.69) is 5.10 Å². The molecule has 1 aromatic heterocycles. The number of halogens is 2. The molecule has 3 aromatic rings. The van der Waals surface area contributed by atoms with Crippen LogP contribution in [0.5, 0.6) is 11.6 Å². The number of para-hydroxylation sites is 1. The number of ether oxygens (including phenoxy) is 3.